The van der Waals surface area contributed by atoms with Gasteiger partial charge in [-0.15, -0.1) is 0 Å². The van der Waals surface area contributed by atoms with E-state index in [0.29, 0.717) is 0 Å². The number of allylic oxidation sites excluding steroid dienone is 2. The fraction of sp³-hybridized carbons (Fsp3) is 0.389. The van der Waals surface area contributed by atoms with Crippen molar-refractivity contribution in [2.75, 3.05) is 0 Å². The highest BCUT2D eigenvalue weighted by molar-refractivity contribution is 5.96. The number of para-hydroxylation sites is 1. The van der Waals surface area contributed by atoms with Gasteiger partial charge in [0, 0.05) is 17.0 Å². The molecule has 0 saturated carbocycles. The summed E-state index contributed by atoms with van der Waals surface area (Å²) >= 11 is 0. The van der Waals surface area contributed by atoms with E-state index in [9.17, 15) is 4.79 Å². The lowest BCUT2D eigenvalue weighted by atomic mass is 9.95. The van der Waals surface area contributed by atoms with Crippen molar-refractivity contribution >= 4 is 16.8 Å². The average Bonchev–Trinajstić information content (AvgIpc) is 2.73. The Hall–Kier alpha value is -1.83. The van der Waals surface area contributed by atoms with E-state index in [1.165, 1.54) is 16.5 Å². The zero-order valence-electron chi connectivity index (χ0n) is 13.0. The Bertz CT molecular complexity index is 664. The van der Waals surface area contributed by atoms with Crippen LogP contribution in [0.25, 0.3) is 10.9 Å². The molecule has 0 atom stereocenters. The standard InChI is InChI=1S/C18H23NO/c1-13(2)10-11-14-12-19(17(20)18(3,4)5)16-9-7-6-8-15(14)16/h6-10,12H,11H2,1-5H3. The predicted molar refractivity (Wildman–Crippen MR) is 85.2 cm³/mol. The fourth-order valence-corrected chi connectivity index (χ4v) is 2.26. The van der Waals surface area contributed by atoms with E-state index in [-0.39, 0.29) is 11.3 Å². The highest BCUT2D eigenvalue weighted by Gasteiger charge is 2.24. The van der Waals surface area contributed by atoms with Gasteiger partial charge in [0.2, 0.25) is 5.91 Å². The molecule has 0 aliphatic rings. The molecule has 1 aromatic heterocycles. The molecule has 2 nitrogen and oxygen atoms in total. The highest BCUT2D eigenvalue weighted by atomic mass is 16.2. The lowest BCUT2D eigenvalue weighted by Gasteiger charge is -2.17. The van der Waals surface area contributed by atoms with Crippen LogP contribution < -0.4 is 0 Å². The van der Waals surface area contributed by atoms with Crippen LogP contribution in [-0.4, -0.2) is 10.5 Å². The Labute approximate surface area is 121 Å². The number of fused-ring (bicyclic) bond motifs is 1. The second kappa shape index (κ2) is 5.28. The number of nitrogens with zero attached hydrogens (tertiary/aromatic N) is 1. The molecule has 2 aromatic rings. The van der Waals surface area contributed by atoms with Gasteiger partial charge in [0.15, 0.2) is 0 Å². The Balaban J connectivity index is 2.57. The van der Waals surface area contributed by atoms with Crippen molar-refractivity contribution < 1.29 is 4.79 Å². The molecule has 2 heteroatoms. The molecule has 2 rings (SSSR count). The van der Waals surface area contributed by atoms with Crippen molar-refractivity contribution in [3.8, 4) is 0 Å². The normalized spacial score (nSPS) is 11.7. The topological polar surface area (TPSA) is 22.0 Å². The smallest absolute Gasteiger partial charge is 0.236 e. The van der Waals surface area contributed by atoms with E-state index in [1.54, 1.807) is 0 Å². The first-order valence-corrected chi connectivity index (χ1v) is 7.08. The van der Waals surface area contributed by atoms with Gasteiger partial charge in [0.25, 0.3) is 0 Å². The number of carbonyl (C=O) groups excluding carboxylic acids is 1. The summed E-state index contributed by atoms with van der Waals surface area (Å²) in [5.74, 6) is 0.136. The van der Waals surface area contributed by atoms with Gasteiger partial charge in [-0.3, -0.25) is 9.36 Å². The summed E-state index contributed by atoms with van der Waals surface area (Å²) in [6, 6.07) is 8.13. The lowest BCUT2D eigenvalue weighted by Crippen LogP contribution is -2.26. The fourth-order valence-electron chi connectivity index (χ4n) is 2.26. The number of hydrogen-bond acceptors (Lipinski definition) is 1. The van der Waals surface area contributed by atoms with Gasteiger partial charge >= 0.3 is 0 Å². The van der Waals surface area contributed by atoms with Gasteiger partial charge in [0.05, 0.1) is 5.52 Å². The molecule has 20 heavy (non-hydrogen) atoms. The molecule has 1 aromatic carbocycles. The van der Waals surface area contributed by atoms with Crippen LogP contribution in [0.2, 0.25) is 0 Å². The van der Waals surface area contributed by atoms with Crippen LogP contribution in [0, 0.1) is 5.41 Å². The van der Waals surface area contributed by atoms with Crippen molar-refractivity contribution in [1.29, 1.82) is 0 Å². The quantitative estimate of drug-likeness (QED) is 0.715. The Morgan fingerprint density at radius 3 is 2.45 bits per heavy atom. The van der Waals surface area contributed by atoms with E-state index in [1.807, 2.05) is 49.7 Å². The number of aromatic nitrogens is 1. The number of benzene rings is 1. The summed E-state index contributed by atoms with van der Waals surface area (Å²) in [5, 5.41) is 1.17. The van der Waals surface area contributed by atoms with E-state index in [4.69, 9.17) is 0 Å². The third-order valence-corrected chi connectivity index (χ3v) is 3.39. The third-order valence-electron chi connectivity index (χ3n) is 3.39. The van der Waals surface area contributed by atoms with Crippen molar-refractivity contribution in [1.82, 2.24) is 4.57 Å². The van der Waals surface area contributed by atoms with Gasteiger partial charge in [-0.25, -0.2) is 0 Å². The van der Waals surface area contributed by atoms with E-state index in [2.05, 4.69) is 26.0 Å². The molecule has 0 spiro atoms. The third kappa shape index (κ3) is 2.84. The zero-order chi connectivity index (χ0) is 14.9. The summed E-state index contributed by atoms with van der Waals surface area (Å²) in [5.41, 5.74) is 3.13. The molecule has 0 saturated heterocycles. The highest BCUT2D eigenvalue weighted by Crippen LogP contribution is 2.26. The molecule has 0 radical (unpaired) electrons. The minimum Gasteiger partial charge on any atom is -0.286 e. The Morgan fingerprint density at radius 2 is 1.85 bits per heavy atom. The molecule has 0 bridgehead atoms. The molecule has 0 aliphatic carbocycles. The Kier molecular flexibility index (Phi) is 3.85. The Morgan fingerprint density at radius 1 is 1.20 bits per heavy atom. The second-order valence-electron chi connectivity index (χ2n) is 6.58. The van der Waals surface area contributed by atoms with Crippen molar-refractivity contribution in [3.05, 3.63) is 47.7 Å². The van der Waals surface area contributed by atoms with Gasteiger partial charge < -0.3 is 0 Å². The molecule has 1 heterocycles. The molecule has 0 unspecified atom stereocenters. The maximum Gasteiger partial charge on any atom is 0.236 e. The average molecular weight is 269 g/mol. The maximum atomic E-state index is 12.6. The number of rotatable bonds is 2. The van der Waals surface area contributed by atoms with E-state index < -0.39 is 0 Å². The van der Waals surface area contributed by atoms with Gasteiger partial charge in [-0.2, -0.15) is 0 Å². The number of carbonyl (C=O) groups is 1. The SMILES string of the molecule is CC(C)=CCc1cn(C(=O)C(C)(C)C)c2ccccc12. The first-order chi connectivity index (χ1) is 9.30. The van der Waals surface area contributed by atoms with Crippen molar-refractivity contribution in [2.45, 2.75) is 41.0 Å². The first-order valence-electron chi connectivity index (χ1n) is 7.08. The van der Waals surface area contributed by atoms with Crippen LogP contribution in [0.4, 0.5) is 0 Å². The number of hydrogen-bond donors (Lipinski definition) is 0. The summed E-state index contributed by atoms with van der Waals surface area (Å²) in [4.78, 5) is 12.6. The first kappa shape index (κ1) is 14.6. The molecular formula is C18H23NO. The predicted octanol–water partition coefficient (Wildman–Crippen LogP) is 4.84. The van der Waals surface area contributed by atoms with Crippen LogP contribution in [-0.2, 0) is 6.42 Å². The van der Waals surface area contributed by atoms with Crippen LogP contribution in [0.15, 0.2) is 42.1 Å². The van der Waals surface area contributed by atoms with E-state index >= 15 is 0 Å². The largest absolute Gasteiger partial charge is 0.286 e. The maximum absolute atomic E-state index is 12.6. The molecule has 106 valence electrons. The van der Waals surface area contributed by atoms with Crippen molar-refractivity contribution in [2.24, 2.45) is 5.41 Å². The summed E-state index contributed by atoms with van der Waals surface area (Å²) in [7, 11) is 0. The van der Waals surface area contributed by atoms with Gasteiger partial charge in [-0.05, 0) is 31.9 Å². The summed E-state index contributed by atoms with van der Waals surface area (Å²) < 4.78 is 1.81. The molecule has 0 amide bonds. The minimum atomic E-state index is -0.379. The minimum absolute atomic E-state index is 0.136. The van der Waals surface area contributed by atoms with Crippen LogP contribution >= 0.6 is 0 Å². The van der Waals surface area contributed by atoms with Gasteiger partial charge in [-0.1, -0.05) is 50.6 Å². The van der Waals surface area contributed by atoms with Crippen LogP contribution in [0.5, 0.6) is 0 Å². The van der Waals surface area contributed by atoms with Crippen molar-refractivity contribution in [3.63, 3.8) is 0 Å². The molecule has 0 N–H and O–H groups in total. The monoisotopic (exact) mass is 269 g/mol. The van der Waals surface area contributed by atoms with Crippen LogP contribution in [0.3, 0.4) is 0 Å². The second-order valence-corrected chi connectivity index (χ2v) is 6.58. The molecular weight excluding hydrogens is 246 g/mol. The zero-order valence-corrected chi connectivity index (χ0v) is 13.0. The van der Waals surface area contributed by atoms with Crippen LogP contribution in [0.1, 0.15) is 45.0 Å². The lowest BCUT2D eigenvalue weighted by molar-refractivity contribution is 0.0772. The molecule has 0 aliphatic heterocycles. The summed E-state index contributed by atoms with van der Waals surface area (Å²) in [6.45, 7) is 10.1. The molecule has 0 fully saturated rings. The summed E-state index contributed by atoms with van der Waals surface area (Å²) in [6.07, 6.45) is 5.07. The van der Waals surface area contributed by atoms with E-state index in [0.717, 1.165) is 11.9 Å². The van der Waals surface area contributed by atoms with Gasteiger partial charge in [0.1, 0.15) is 0 Å².